The molecule has 5 heteroatoms. The molecule has 1 aromatic rings. The van der Waals surface area contributed by atoms with E-state index in [9.17, 15) is 4.79 Å². The van der Waals surface area contributed by atoms with Crippen molar-refractivity contribution in [3.05, 3.63) is 29.8 Å². The van der Waals surface area contributed by atoms with Gasteiger partial charge in [-0.25, -0.2) is 0 Å². The number of nitriles is 1. The molecule has 0 aliphatic rings. The van der Waals surface area contributed by atoms with Gasteiger partial charge in [0, 0.05) is 5.88 Å². The number of halogens is 1. The number of para-hydroxylation sites is 1. The SMILES string of the molecule is N#Cc1ccccc1NC(=O)COCCCl. The summed E-state index contributed by atoms with van der Waals surface area (Å²) >= 11 is 5.39. The highest BCUT2D eigenvalue weighted by molar-refractivity contribution is 6.18. The number of nitrogens with one attached hydrogen (secondary N) is 1. The van der Waals surface area contributed by atoms with Gasteiger partial charge in [-0.15, -0.1) is 11.6 Å². The number of carbonyl (C=O) groups is 1. The molecule has 16 heavy (non-hydrogen) atoms. The maximum Gasteiger partial charge on any atom is 0.250 e. The van der Waals surface area contributed by atoms with E-state index < -0.39 is 0 Å². The lowest BCUT2D eigenvalue weighted by Gasteiger charge is -2.06. The number of alkyl halides is 1. The second-order valence-corrected chi connectivity index (χ2v) is 3.33. The van der Waals surface area contributed by atoms with Crippen LogP contribution in [0.5, 0.6) is 0 Å². The van der Waals surface area contributed by atoms with Gasteiger partial charge in [-0.05, 0) is 12.1 Å². The van der Waals surface area contributed by atoms with Crippen LogP contribution in [-0.4, -0.2) is 25.0 Å². The maximum absolute atomic E-state index is 11.4. The average Bonchev–Trinajstić information content (AvgIpc) is 2.30. The van der Waals surface area contributed by atoms with Crippen molar-refractivity contribution in [3.8, 4) is 6.07 Å². The highest BCUT2D eigenvalue weighted by Crippen LogP contribution is 2.12. The van der Waals surface area contributed by atoms with Crippen LogP contribution >= 0.6 is 11.6 Å². The molecule has 4 nitrogen and oxygen atoms in total. The highest BCUT2D eigenvalue weighted by Gasteiger charge is 2.05. The van der Waals surface area contributed by atoms with Gasteiger partial charge < -0.3 is 10.1 Å². The van der Waals surface area contributed by atoms with Crippen molar-refractivity contribution in [2.24, 2.45) is 0 Å². The third-order valence-electron chi connectivity index (χ3n) is 1.78. The molecular formula is C11H11ClN2O2. The first-order chi connectivity index (χ1) is 7.77. The number of amides is 1. The Bertz CT molecular complexity index is 401. The third kappa shape index (κ3) is 3.89. The molecule has 0 aromatic heterocycles. The molecule has 0 bridgehead atoms. The van der Waals surface area contributed by atoms with Crippen molar-refractivity contribution in [2.45, 2.75) is 0 Å². The first kappa shape index (κ1) is 12.5. The molecule has 0 saturated carbocycles. The number of rotatable bonds is 5. The third-order valence-corrected chi connectivity index (χ3v) is 1.93. The summed E-state index contributed by atoms with van der Waals surface area (Å²) in [6.45, 7) is 0.265. The standard InChI is InChI=1S/C11H11ClN2O2/c12-5-6-16-8-11(15)14-10-4-2-1-3-9(10)7-13/h1-4H,5-6,8H2,(H,14,15). The van der Waals surface area contributed by atoms with Crippen molar-refractivity contribution < 1.29 is 9.53 Å². The Balaban J connectivity index is 2.53. The molecule has 0 fully saturated rings. The van der Waals surface area contributed by atoms with E-state index in [4.69, 9.17) is 21.6 Å². The molecule has 0 radical (unpaired) electrons. The molecule has 0 aliphatic heterocycles. The number of nitrogens with zero attached hydrogens (tertiary/aromatic N) is 1. The zero-order valence-electron chi connectivity index (χ0n) is 8.57. The zero-order chi connectivity index (χ0) is 11.8. The molecule has 1 rings (SSSR count). The monoisotopic (exact) mass is 238 g/mol. The van der Waals surface area contributed by atoms with Crippen molar-refractivity contribution in [1.82, 2.24) is 0 Å². The number of hydrogen-bond donors (Lipinski definition) is 1. The second kappa shape index (κ2) is 6.83. The minimum atomic E-state index is -0.298. The molecule has 0 aliphatic carbocycles. The van der Waals surface area contributed by atoms with Crippen LogP contribution in [0.4, 0.5) is 5.69 Å². The van der Waals surface area contributed by atoms with Gasteiger partial charge in [0.15, 0.2) is 0 Å². The molecule has 1 N–H and O–H groups in total. The van der Waals surface area contributed by atoms with E-state index in [0.29, 0.717) is 23.7 Å². The molecule has 0 heterocycles. The summed E-state index contributed by atoms with van der Waals surface area (Å²) in [7, 11) is 0. The first-order valence-corrected chi connectivity index (χ1v) is 5.24. The Kier molecular flexibility index (Phi) is 5.34. The van der Waals surface area contributed by atoms with Crippen molar-refractivity contribution in [1.29, 1.82) is 5.26 Å². The number of carbonyl (C=O) groups excluding carboxylic acids is 1. The van der Waals surface area contributed by atoms with E-state index >= 15 is 0 Å². The largest absolute Gasteiger partial charge is 0.370 e. The molecule has 0 unspecified atom stereocenters. The summed E-state index contributed by atoms with van der Waals surface area (Å²) in [5.74, 6) is 0.0510. The highest BCUT2D eigenvalue weighted by atomic mass is 35.5. The van der Waals surface area contributed by atoms with E-state index in [0.717, 1.165) is 0 Å². The smallest absolute Gasteiger partial charge is 0.250 e. The predicted octanol–water partition coefficient (Wildman–Crippen LogP) is 1.75. The average molecular weight is 239 g/mol. The van der Waals surface area contributed by atoms with Crippen molar-refractivity contribution in [2.75, 3.05) is 24.4 Å². The normalized spacial score (nSPS) is 9.50. The zero-order valence-corrected chi connectivity index (χ0v) is 9.33. The van der Waals surface area contributed by atoms with Crippen LogP contribution in [0.1, 0.15) is 5.56 Å². The van der Waals surface area contributed by atoms with Crippen LogP contribution in [0.25, 0.3) is 0 Å². The molecule has 1 amide bonds. The maximum atomic E-state index is 11.4. The first-order valence-electron chi connectivity index (χ1n) is 4.70. The Morgan fingerprint density at radius 1 is 1.50 bits per heavy atom. The predicted molar refractivity (Wildman–Crippen MR) is 61.3 cm³/mol. The minimum absolute atomic E-state index is 0.0630. The van der Waals surface area contributed by atoms with Crippen molar-refractivity contribution in [3.63, 3.8) is 0 Å². The molecule has 0 saturated heterocycles. The van der Waals surface area contributed by atoms with E-state index in [1.54, 1.807) is 24.3 Å². The van der Waals surface area contributed by atoms with Gasteiger partial charge in [0.1, 0.15) is 12.7 Å². The quantitative estimate of drug-likeness (QED) is 0.628. The summed E-state index contributed by atoms with van der Waals surface area (Å²) in [6.07, 6.45) is 0. The number of ether oxygens (including phenoxy) is 1. The Morgan fingerprint density at radius 2 is 2.25 bits per heavy atom. The minimum Gasteiger partial charge on any atom is -0.370 e. The summed E-state index contributed by atoms with van der Waals surface area (Å²) in [6, 6.07) is 8.77. The lowest BCUT2D eigenvalue weighted by Crippen LogP contribution is -2.19. The topological polar surface area (TPSA) is 62.1 Å². The van der Waals surface area contributed by atoms with Gasteiger partial charge in [0.05, 0.1) is 17.9 Å². The lowest BCUT2D eigenvalue weighted by molar-refractivity contribution is -0.120. The Morgan fingerprint density at radius 3 is 2.94 bits per heavy atom. The second-order valence-electron chi connectivity index (χ2n) is 2.95. The number of benzene rings is 1. The summed E-state index contributed by atoms with van der Waals surface area (Å²) in [4.78, 5) is 11.4. The van der Waals surface area contributed by atoms with E-state index in [1.807, 2.05) is 6.07 Å². The molecule has 84 valence electrons. The van der Waals surface area contributed by atoms with Gasteiger partial charge >= 0.3 is 0 Å². The van der Waals surface area contributed by atoms with Crippen LogP contribution in [-0.2, 0) is 9.53 Å². The van der Waals surface area contributed by atoms with Crippen molar-refractivity contribution >= 4 is 23.2 Å². The van der Waals surface area contributed by atoms with Gasteiger partial charge in [-0.2, -0.15) is 5.26 Å². The number of anilines is 1. The molecule has 1 aromatic carbocycles. The fourth-order valence-electron chi connectivity index (χ4n) is 1.10. The molecule has 0 atom stereocenters. The Labute approximate surface area is 98.8 Å². The molecular weight excluding hydrogens is 228 g/mol. The van der Waals surface area contributed by atoms with Crippen LogP contribution < -0.4 is 5.32 Å². The van der Waals surface area contributed by atoms with Gasteiger partial charge in [-0.3, -0.25) is 4.79 Å². The van der Waals surface area contributed by atoms with E-state index in [-0.39, 0.29) is 12.5 Å². The van der Waals surface area contributed by atoms with Gasteiger partial charge in [0.2, 0.25) is 5.91 Å². The van der Waals surface area contributed by atoms with E-state index in [1.165, 1.54) is 0 Å². The van der Waals surface area contributed by atoms with E-state index in [2.05, 4.69) is 5.32 Å². The van der Waals surface area contributed by atoms with Crippen LogP contribution in [0, 0.1) is 11.3 Å². The fraction of sp³-hybridized carbons (Fsp3) is 0.273. The van der Waals surface area contributed by atoms with Gasteiger partial charge in [0.25, 0.3) is 0 Å². The van der Waals surface area contributed by atoms with Crippen LogP contribution in [0.3, 0.4) is 0 Å². The summed E-state index contributed by atoms with van der Waals surface area (Å²) in [5.41, 5.74) is 0.915. The van der Waals surface area contributed by atoms with Crippen LogP contribution in [0.15, 0.2) is 24.3 Å². The molecule has 0 spiro atoms. The Hall–Kier alpha value is -1.57. The van der Waals surface area contributed by atoms with Gasteiger partial charge in [-0.1, -0.05) is 12.1 Å². The fourth-order valence-corrected chi connectivity index (χ4v) is 1.20. The summed E-state index contributed by atoms with van der Waals surface area (Å²) in [5, 5.41) is 11.4. The number of hydrogen-bond acceptors (Lipinski definition) is 3. The lowest BCUT2D eigenvalue weighted by atomic mass is 10.2. The van der Waals surface area contributed by atoms with Crippen LogP contribution in [0.2, 0.25) is 0 Å². The summed E-state index contributed by atoms with van der Waals surface area (Å²) < 4.78 is 4.96.